The maximum Gasteiger partial charge on any atom is 0.123 e. The Bertz CT molecular complexity index is 572. The monoisotopic (exact) mass is 272 g/mol. The molecule has 2 heteroatoms. The van der Waals surface area contributed by atoms with Crippen molar-refractivity contribution >= 4 is 0 Å². The summed E-state index contributed by atoms with van der Waals surface area (Å²) in [5.41, 5.74) is 2.83. The van der Waals surface area contributed by atoms with Crippen molar-refractivity contribution in [2.24, 2.45) is 0 Å². The van der Waals surface area contributed by atoms with E-state index in [9.17, 15) is 9.50 Å². The van der Waals surface area contributed by atoms with Gasteiger partial charge in [-0.3, -0.25) is 0 Å². The highest BCUT2D eigenvalue weighted by atomic mass is 19.1. The number of hydrogen-bond donors (Lipinski definition) is 1. The van der Waals surface area contributed by atoms with Crippen LogP contribution in [0.25, 0.3) is 0 Å². The van der Waals surface area contributed by atoms with E-state index >= 15 is 0 Å². The van der Waals surface area contributed by atoms with Gasteiger partial charge in [-0.05, 0) is 36.6 Å². The molecule has 2 aromatic rings. The first-order chi connectivity index (χ1) is 9.39. The Hall–Kier alpha value is -1.67. The van der Waals surface area contributed by atoms with Crippen LogP contribution in [0.4, 0.5) is 4.39 Å². The molecule has 0 spiro atoms. The lowest BCUT2D eigenvalue weighted by Gasteiger charge is -2.31. The molecule has 0 aliphatic heterocycles. The predicted octanol–water partition coefficient (Wildman–Crippen LogP) is 4.02. The van der Waals surface area contributed by atoms with E-state index < -0.39 is 11.5 Å². The minimum absolute atomic E-state index is 0.252. The molecule has 0 amide bonds. The van der Waals surface area contributed by atoms with Gasteiger partial charge in [0.25, 0.3) is 0 Å². The molecule has 1 atom stereocenters. The average molecular weight is 272 g/mol. The van der Waals surface area contributed by atoms with E-state index in [0.717, 1.165) is 11.1 Å². The van der Waals surface area contributed by atoms with Crippen LogP contribution in [0.1, 0.15) is 30.5 Å². The second-order valence-electron chi connectivity index (χ2n) is 5.94. The third kappa shape index (κ3) is 3.26. The highest BCUT2D eigenvalue weighted by molar-refractivity contribution is 5.28. The Morgan fingerprint density at radius 2 is 1.75 bits per heavy atom. The SMILES string of the molecule is Cc1cccc(CC(O)C(C)(C)c2ccc(F)cc2)c1. The predicted molar refractivity (Wildman–Crippen MR) is 80.3 cm³/mol. The number of aryl methyl sites for hydroxylation is 1. The molecule has 1 nitrogen and oxygen atoms in total. The van der Waals surface area contributed by atoms with E-state index in [0.29, 0.717) is 6.42 Å². The Labute approximate surface area is 120 Å². The van der Waals surface area contributed by atoms with Gasteiger partial charge < -0.3 is 5.11 Å². The molecule has 106 valence electrons. The van der Waals surface area contributed by atoms with Crippen molar-refractivity contribution in [2.45, 2.75) is 38.7 Å². The van der Waals surface area contributed by atoms with Crippen molar-refractivity contribution in [3.05, 3.63) is 71.0 Å². The van der Waals surface area contributed by atoms with E-state index in [2.05, 4.69) is 6.07 Å². The van der Waals surface area contributed by atoms with Gasteiger partial charge in [-0.1, -0.05) is 55.8 Å². The quantitative estimate of drug-likeness (QED) is 0.891. The van der Waals surface area contributed by atoms with Gasteiger partial charge in [0, 0.05) is 5.41 Å². The summed E-state index contributed by atoms with van der Waals surface area (Å²) in [5.74, 6) is -0.252. The smallest absolute Gasteiger partial charge is 0.123 e. The van der Waals surface area contributed by atoms with Gasteiger partial charge in [0.05, 0.1) is 6.10 Å². The first kappa shape index (κ1) is 14.7. The summed E-state index contributed by atoms with van der Waals surface area (Å²) in [6, 6.07) is 14.5. The van der Waals surface area contributed by atoms with Crippen LogP contribution in [0.5, 0.6) is 0 Å². The lowest BCUT2D eigenvalue weighted by Crippen LogP contribution is -2.35. The lowest BCUT2D eigenvalue weighted by molar-refractivity contribution is 0.0999. The molecule has 1 N–H and O–H groups in total. The number of aliphatic hydroxyl groups is 1. The minimum atomic E-state index is -0.519. The van der Waals surface area contributed by atoms with Crippen LogP contribution in [0, 0.1) is 12.7 Å². The lowest BCUT2D eigenvalue weighted by atomic mass is 9.77. The Kier molecular flexibility index (Phi) is 4.24. The number of rotatable bonds is 4. The van der Waals surface area contributed by atoms with E-state index in [1.807, 2.05) is 39.0 Å². The molecule has 1 unspecified atom stereocenters. The van der Waals surface area contributed by atoms with Crippen LogP contribution in [0.15, 0.2) is 48.5 Å². The molecule has 0 fully saturated rings. The van der Waals surface area contributed by atoms with Crippen LogP contribution in [-0.2, 0) is 11.8 Å². The molecular weight excluding hydrogens is 251 g/mol. The molecule has 2 rings (SSSR count). The van der Waals surface area contributed by atoms with E-state index in [1.165, 1.54) is 17.7 Å². The standard InChI is InChI=1S/C18H21FO/c1-13-5-4-6-14(11-13)12-17(20)18(2,3)15-7-9-16(19)10-8-15/h4-11,17,20H,12H2,1-3H3. The number of benzene rings is 2. The minimum Gasteiger partial charge on any atom is -0.392 e. The van der Waals surface area contributed by atoms with Crippen LogP contribution in [-0.4, -0.2) is 11.2 Å². The Morgan fingerprint density at radius 3 is 2.35 bits per heavy atom. The van der Waals surface area contributed by atoms with Gasteiger partial charge in [0.1, 0.15) is 5.82 Å². The van der Waals surface area contributed by atoms with Gasteiger partial charge in [0.2, 0.25) is 0 Å². The molecule has 0 radical (unpaired) electrons. The molecule has 20 heavy (non-hydrogen) atoms. The van der Waals surface area contributed by atoms with Crippen molar-refractivity contribution in [1.29, 1.82) is 0 Å². The van der Waals surface area contributed by atoms with E-state index in [1.54, 1.807) is 12.1 Å². The first-order valence-corrected chi connectivity index (χ1v) is 6.89. The van der Waals surface area contributed by atoms with Crippen molar-refractivity contribution in [2.75, 3.05) is 0 Å². The van der Waals surface area contributed by atoms with Gasteiger partial charge in [-0.25, -0.2) is 4.39 Å². The summed E-state index contributed by atoms with van der Waals surface area (Å²) in [6.07, 6.45) is 0.0706. The fourth-order valence-electron chi connectivity index (χ4n) is 2.39. The third-order valence-corrected chi connectivity index (χ3v) is 3.93. The average Bonchev–Trinajstić information content (AvgIpc) is 2.39. The summed E-state index contributed by atoms with van der Waals surface area (Å²) in [4.78, 5) is 0. The fraction of sp³-hybridized carbons (Fsp3) is 0.333. The second kappa shape index (κ2) is 5.76. The second-order valence-corrected chi connectivity index (χ2v) is 5.94. The topological polar surface area (TPSA) is 20.2 Å². The molecule has 0 aliphatic carbocycles. The zero-order valence-corrected chi connectivity index (χ0v) is 12.2. The van der Waals surface area contributed by atoms with Crippen LogP contribution in [0.2, 0.25) is 0 Å². The maximum absolute atomic E-state index is 13.0. The highest BCUT2D eigenvalue weighted by Gasteiger charge is 2.29. The molecule has 0 saturated carbocycles. The van der Waals surface area contributed by atoms with Gasteiger partial charge >= 0.3 is 0 Å². The molecule has 0 aliphatic rings. The molecule has 0 saturated heterocycles. The van der Waals surface area contributed by atoms with Crippen molar-refractivity contribution in [1.82, 2.24) is 0 Å². The van der Waals surface area contributed by atoms with Crippen LogP contribution >= 0.6 is 0 Å². The molecule has 0 bridgehead atoms. The van der Waals surface area contributed by atoms with Crippen molar-refractivity contribution in [3.63, 3.8) is 0 Å². The fourth-order valence-corrected chi connectivity index (χ4v) is 2.39. The van der Waals surface area contributed by atoms with E-state index in [4.69, 9.17) is 0 Å². The van der Waals surface area contributed by atoms with Crippen LogP contribution < -0.4 is 0 Å². The summed E-state index contributed by atoms with van der Waals surface area (Å²) in [7, 11) is 0. The Morgan fingerprint density at radius 1 is 1.10 bits per heavy atom. The number of halogens is 1. The first-order valence-electron chi connectivity index (χ1n) is 6.89. The van der Waals surface area contributed by atoms with Gasteiger partial charge in [0.15, 0.2) is 0 Å². The zero-order chi connectivity index (χ0) is 14.8. The summed E-state index contributed by atoms with van der Waals surface area (Å²) in [6.45, 7) is 6.02. The van der Waals surface area contributed by atoms with Crippen molar-refractivity contribution < 1.29 is 9.50 Å². The van der Waals surface area contributed by atoms with Gasteiger partial charge in [-0.15, -0.1) is 0 Å². The maximum atomic E-state index is 13.0. The zero-order valence-electron chi connectivity index (χ0n) is 12.2. The highest BCUT2D eigenvalue weighted by Crippen LogP contribution is 2.29. The normalized spacial score (nSPS) is 13.2. The third-order valence-electron chi connectivity index (χ3n) is 3.93. The molecule has 2 aromatic carbocycles. The van der Waals surface area contributed by atoms with Crippen molar-refractivity contribution in [3.8, 4) is 0 Å². The Balaban J connectivity index is 2.18. The van der Waals surface area contributed by atoms with Gasteiger partial charge in [-0.2, -0.15) is 0 Å². The number of hydrogen-bond acceptors (Lipinski definition) is 1. The summed E-state index contributed by atoms with van der Waals surface area (Å²) >= 11 is 0. The van der Waals surface area contributed by atoms with Crippen LogP contribution in [0.3, 0.4) is 0 Å². The summed E-state index contributed by atoms with van der Waals surface area (Å²) < 4.78 is 13.0. The largest absolute Gasteiger partial charge is 0.392 e. The summed E-state index contributed by atoms with van der Waals surface area (Å²) in [5, 5.41) is 10.6. The molecular formula is C18H21FO. The molecule has 0 aromatic heterocycles. The van der Waals surface area contributed by atoms with E-state index in [-0.39, 0.29) is 5.82 Å². The number of aliphatic hydroxyl groups excluding tert-OH is 1. The molecule has 0 heterocycles.